The lowest BCUT2D eigenvalue weighted by atomic mass is 9.83. The summed E-state index contributed by atoms with van der Waals surface area (Å²) in [7, 11) is 1.83. The first-order chi connectivity index (χ1) is 15.0. The first-order valence-corrected chi connectivity index (χ1v) is 11.3. The van der Waals surface area contributed by atoms with Gasteiger partial charge in [0.05, 0.1) is 18.6 Å². The number of Topliss-reactive ketones (excluding diaryl/α,β-unsaturated/α-hetero) is 2. The number of hydrogen-bond donors (Lipinski definition) is 0. The van der Waals surface area contributed by atoms with Gasteiger partial charge in [-0.1, -0.05) is 42.8 Å². The Bertz CT molecular complexity index is 1010. The van der Waals surface area contributed by atoms with E-state index in [0.29, 0.717) is 18.2 Å². The zero-order chi connectivity index (χ0) is 21.7. The van der Waals surface area contributed by atoms with Gasteiger partial charge < -0.3 is 4.74 Å². The van der Waals surface area contributed by atoms with E-state index in [1.165, 1.54) is 0 Å². The van der Waals surface area contributed by atoms with Crippen LogP contribution in [0.25, 0.3) is 11.1 Å². The zero-order valence-corrected chi connectivity index (χ0v) is 18.5. The molecule has 1 aliphatic carbocycles. The van der Waals surface area contributed by atoms with Gasteiger partial charge in [-0.15, -0.1) is 0 Å². The van der Waals surface area contributed by atoms with E-state index in [2.05, 4.69) is 6.92 Å². The van der Waals surface area contributed by atoms with Crippen LogP contribution in [-0.4, -0.2) is 49.0 Å². The summed E-state index contributed by atoms with van der Waals surface area (Å²) < 4.78 is 5.56. The van der Waals surface area contributed by atoms with E-state index in [9.17, 15) is 9.59 Å². The second kappa shape index (κ2) is 8.14. The molecule has 162 valence electrons. The number of hydrogen-bond acceptors (Lipinski definition) is 5. The Kier molecular flexibility index (Phi) is 5.47. The summed E-state index contributed by atoms with van der Waals surface area (Å²) in [5.41, 5.74) is 3.81. The van der Waals surface area contributed by atoms with Gasteiger partial charge in [0.15, 0.2) is 11.6 Å². The van der Waals surface area contributed by atoms with Gasteiger partial charge in [0.25, 0.3) is 0 Å². The quantitative estimate of drug-likeness (QED) is 0.672. The van der Waals surface area contributed by atoms with Gasteiger partial charge in [0.1, 0.15) is 12.0 Å². The first kappa shape index (κ1) is 20.8. The molecular formula is C25H26ClNO4. The lowest BCUT2D eigenvalue weighted by molar-refractivity contribution is -0.165. The van der Waals surface area contributed by atoms with Gasteiger partial charge in [-0.2, -0.15) is 5.06 Å². The molecule has 31 heavy (non-hydrogen) atoms. The molecule has 2 unspecified atom stereocenters. The number of aryl methyl sites for hydroxylation is 1. The molecule has 2 saturated heterocycles. The number of carbonyl (C=O) groups is 2. The van der Waals surface area contributed by atoms with Gasteiger partial charge in [0, 0.05) is 24.6 Å². The molecule has 5 atom stereocenters. The highest BCUT2D eigenvalue weighted by atomic mass is 35.5. The zero-order valence-electron chi connectivity index (χ0n) is 17.7. The molecule has 2 aliphatic heterocycles. The van der Waals surface area contributed by atoms with E-state index in [4.69, 9.17) is 21.2 Å². The van der Waals surface area contributed by atoms with Crippen molar-refractivity contribution >= 4 is 23.2 Å². The molecule has 6 heteroatoms. The molecule has 0 bridgehead atoms. The van der Waals surface area contributed by atoms with Crippen LogP contribution >= 0.6 is 11.6 Å². The molecule has 2 heterocycles. The van der Waals surface area contributed by atoms with Crippen molar-refractivity contribution in [2.75, 3.05) is 20.3 Å². The Hall–Kier alpha value is -2.05. The lowest BCUT2D eigenvalue weighted by Crippen LogP contribution is -2.40. The van der Waals surface area contributed by atoms with E-state index in [1.807, 2.05) is 49.5 Å². The average molecular weight is 440 g/mol. The minimum absolute atomic E-state index is 0.0146. The fourth-order valence-corrected chi connectivity index (χ4v) is 5.62. The van der Waals surface area contributed by atoms with Gasteiger partial charge in [-0.25, -0.2) is 0 Å². The second-order valence-corrected chi connectivity index (χ2v) is 9.16. The monoisotopic (exact) mass is 439 g/mol. The summed E-state index contributed by atoms with van der Waals surface area (Å²) in [6.07, 6.45) is 0.945. The number of ketones is 2. The summed E-state index contributed by atoms with van der Waals surface area (Å²) in [5, 5.41) is 2.40. The Labute approximate surface area is 187 Å². The average Bonchev–Trinajstić information content (AvgIpc) is 3.46. The SMILES string of the molecule is CCc1ccc(-c2ccc(Cl)cc2)cc1C1C(=O)[C@@H]2[C@@H](ON(C)[C@H]2C2CCOC2)C1=O. The third kappa shape index (κ3) is 3.44. The highest BCUT2D eigenvalue weighted by Crippen LogP contribution is 2.46. The van der Waals surface area contributed by atoms with Crippen LogP contribution in [0, 0.1) is 11.8 Å². The predicted molar refractivity (Wildman–Crippen MR) is 118 cm³/mol. The maximum absolute atomic E-state index is 13.7. The predicted octanol–water partition coefficient (Wildman–Crippen LogP) is 4.07. The van der Waals surface area contributed by atoms with Crippen molar-refractivity contribution in [3.05, 3.63) is 58.6 Å². The second-order valence-electron chi connectivity index (χ2n) is 8.72. The third-order valence-electron chi connectivity index (χ3n) is 7.04. The van der Waals surface area contributed by atoms with Gasteiger partial charge in [0.2, 0.25) is 0 Å². The van der Waals surface area contributed by atoms with Gasteiger partial charge in [-0.05, 0) is 53.3 Å². The highest BCUT2D eigenvalue weighted by molar-refractivity contribution is 6.30. The minimum Gasteiger partial charge on any atom is -0.381 e. The Morgan fingerprint density at radius 1 is 1.06 bits per heavy atom. The first-order valence-electron chi connectivity index (χ1n) is 10.9. The van der Waals surface area contributed by atoms with Crippen molar-refractivity contribution in [2.45, 2.75) is 37.8 Å². The number of benzene rings is 2. The summed E-state index contributed by atoms with van der Waals surface area (Å²) in [6.45, 7) is 3.36. The van der Waals surface area contributed by atoms with Crippen molar-refractivity contribution in [3.8, 4) is 11.1 Å². The van der Waals surface area contributed by atoms with E-state index >= 15 is 0 Å². The molecule has 0 amide bonds. The number of ether oxygens (including phenoxy) is 1. The maximum Gasteiger partial charge on any atom is 0.179 e. The number of rotatable bonds is 4. The summed E-state index contributed by atoms with van der Waals surface area (Å²) in [4.78, 5) is 33.1. The molecule has 1 saturated carbocycles. The molecule has 0 spiro atoms. The van der Waals surface area contributed by atoms with Crippen LogP contribution in [0.3, 0.4) is 0 Å². The lowest BCUT2D eigenvalue weighted by Gasteiger charge is -2.27. The van der Waals surface area contributed by atoms with Crippen LogP contribution in [-0.2, 0) is 25.6 Å². The van der Waals surface area contributed by atoms with Crippen LogP contribution < -0.4 is 0 Å². The molecule has 0 N–H and O–H groups in total. The van der Waals surface area contributed by atoms with E-state index in [-0.39, 0.29) is 23.5 Å². The summed E-state index contributed by atoms with van der Waals surface area (Å²) >= 11 is 6.04. The normalized spacial score (nSPS) is 30.9. The number of carbonyl (C=O) groups excluding carboxylic acids is 2. The van der Waals surface area contributed by atoms with E-state index in [1.54, 1.807) is 5.06 Å². The smallest absolute Gasteiger partial charge is 0.179 e. The number of halogens is 1. The molecule has 3 aliphatic rings. The molecule has 0 radical (unpaired) electrons. The molecule has 3 fully saturated rings. The third-order valence-corrected chi connectivity index (χ3v) is 7.29. The highest BCUT2D eigenvalue weighted by Gasteiger charge is 2.61. The number of hydroxylamine groups is 2. The van der Waals surface area contributed by atoms with E-state index in [0.717, 1.165) is 35.1 Å². The summed E-state index contributed by atoms with van der Waals surface area (Å²) in [5.74, 6) is -1.12. The Balaban J connectivity index is 1.53. The van der Waals surface area contributed by atoms with Crippen LogP contribution in [0.2, 0.25) is 5.02 Å². The largest absolute Gasteiger partial charge is 0.381 e. The molecule has 5 rings (SSSR count). The van der Waals surface area contributed by atoms with Crippen molar-refractivity contribution in [2.24, 2.45) is 11.8 Å². The fraction of sp³-hybridized carbons (Fsp3) is 0.440. The Morgan fingerprint density at radius 3 is 2.48 bits per heavy atom. The van der Waals surface area contributed by atoms with Crippen molar-refractivity contribution in [1.82, 2.24) is 5.06 Å². The van der Waals surface area contributed by atoms with Crippen molar-refractivity contribution in [3.63, 3.8) is 0 Å². The van der Waals surface area contributed by atoms with Crippen molar-refractivity contribution in [1.29, 1.82) is 0 Å². The standard InChI is InChI=1S/C25H26ClNO4/c1-3-14-4-5-16(15-6-8-18(26)9-7-15)12-19(14)20-23(28)21-22(17-10-11-30-13-17)27(2)31-25(21)24(20)29/h4-9,12,17,20-22,25H,3,10-11,13H2,1-2H3/t17?,20?,21-,22+,25-/m1/s1. The van der Waals surface area contributed by atoms with Crippen LogP contribution in [0.5, 0.6) is 0 Å². The fourth-order valence-electron chi connectivity index (χ4n) is 5.49. The number of nitrogens with zero attached hydrogens (tertiary/aromatic N) is 1. The summed E-state index contributed by atoms with van der Waals surface area (Å²) in [6, 6.07) is 13.6. The molecule has 0 aromatic heterocycles. The maximum atomic E-state index is 13.7. The molecule has 5 nitrogen and oxygen atoms in total. The van der Waals surface area contributed by atoms with Crippen LogP contribution in [0.15, 0.2) is 42.5 Å². The van der Waals surface area contributed by atoms with Crippen molar-refractivity contribution < 1.29 is 19.2 Å². The van der Waals surface area contributed by atoms with E-state index < -0.39 is 17.9 Å². The minimum atomic E-state index is -0.768. The van der Waals surface area contributed by atoms with Gasteiger partial charge >= 0.3 is 0 Å². The molecule has 2 aromatic rings. The topological polar surface area (TPSA) is 55.8 Å². The number of fused-ring (bicyclic) bond motifs is 1. The Morgan fingerprint density at radius 2 is 1.81 bits per heavy atom. The molecule has 2 aromatic carbocycles. The van der Waals surface area contributed by atoms with Gasteiger partial charge in [-0.3, -0.25) is 14.4 Å². The molecular weight excluding hydrogens is 414 g/mol. The van der Waals surface area contributed by atoms with Crippen LogP contribution in [0.4, 0.5) is 0 Å². The van der Waals surface area contributed by atoms with Crippen LogP contribution in [0.1, 0.15) is 30.4 Å².